The van der Waals surface area contributed by atoms with Crippen LogP contribution in [0.5, 0.6) is 0 Å². The fourth-order valence-corrected chi connectivity index (χ4v) is 2.52. The molecule has 1 aromatic carbocycles. The van der Waals surface area contributed by atoms with Crippen LogP contribution in [0.25, 0.3) is 0 Å². The van der Waals surface area contributed by atoms with Gasteiger partial charge >= 0.3 is 0 Å². The van der Waals surface area contributed by atoms with Crippen molar-refractivity contribution >= 4 is 15.7 Å². The minimum atomic E-state index is -3.01. The summed E-state index contributed by atoms with van der Waals surface area (Å²) in [4.78, 5) is 11.8. The maximum absolute atomic E-state index is 11.8. The molecule has 1 saturated carbocycles. The lowest BCUT2D eigenvalue weighted by molar-refractivity contribution is -0.122. The predicted molar refractivity (Wildman–Crippen MR) is 70.0 cm³/mol. The van der Waals surface area contributed by atoms with Crippen molar-refractivity contribution in [3.05, 3.63) is 35.9 Å². The number of carbonyl (C=O) groups excluding carboxylic acids is 1. The number of sulfone groups is 1. The highest BCUT2D eigenvalue weighted by Gasteiger charge is 2.43. The molecule has 1 N–H and O–H groups in total. The standard InChI is InChI=1S/C13H17NO3S/c1-18(16,17)8-7-14-13(15)12-9-11(12)10-5-3-2-4-6-10/h2-6,11-12H,7-9H2,1H3,(H,14,15). The highest BCUT2D eigenvalue weighted by atomic mass is 32.2. The number of carbonyl (C=O) groups is 1. The van der Waals surface area contributed by atoms with Crippen LogP contribution in [0.4, 0.5) is 0 Å². The van der Waals surface area contributed by atoms with Crippen molar-refractivity contribution < 1.29 is 13.2 Å². The molecule has 0 spiro atoms. The summed E-state index contributed by atoms with van der Waals surface area (Å²) in [5.41, 5.74) is 1.18. The van der Waals surface area contributed by atoms with Gasteiger partial charge in [-0.2, -0.15) is 0 Å². The maximum Gasteiger partial charge on any atom is 0.223 e. The second-order valence-corrected chi connectivity index (χ2v) is 7.04. The Hall–Kier alpha value is -1.36. The summed E-state index contributed by atoms with van der Waals surface area (Å²) in [5, 5.41) is 2.68. The van der Waals surface area contributed by atoms with Crippen LogP contribution < -0.4 is 5.32 Å². The zero-order chi connectivity index (χ0) is 13.2. The average molecular weight is 267 g/mol. The molecule has 2 atom stereocenters. The highest BCUT2D eigenvalue weighted by Crippen LogP contribution is 2.47. The van der Waals surface area contributed by atoms with Gasteiger partial charge in [0.15, 0.2) is 0 Å². The molecule has 98 valence electrons. The van der Waals surface area contributed by atoms with E-state index in [2.05, 4.69) is 5.32 Å². The van der Waals surface area contributed by atoms with E-state index in [0.29, 0.717) is 5.92 Å². The summed E-state index contributed by atoms with van der Waals surface area (Å²) >= 11 is 0. The van der Waals surface area contributed by atoms with Crippen molar-refractivity contribution in [2.75, 3.05) is 18.6 Å². The van der Waals surface area contributed by atoms with Gasteiger partial charge in [-0.3, -0.25) is 4.79 Å². The molecule has 0 aromatic heterocycles. The van der Waals surface area contributed by atoms with E-state index in [9.17, 15) is 13.2 Å². The Kier molecular flexibility index (Phi) is 3.71. The molecule has 0 bridgehead atoms. The fourth-order valence-electron chi connectivity index (χ4n) is 2.04. The third kappa shape index (κ3) is 3.57. The lowest BCUT2D eigenvalue weighted by Crippen LogP contribution is -2.30. The summed E-state index contributed by atoms with van der Waals surface area (Å²) in [6, 6.07) is 9.93. The van der Waals surface area contributed by atoms with Gasteiger partial charge < -0.3 is 5.32 Å². The molecule has 0 radical (unpaired) electrons. The van der Waals surface area contributed by atoms with Crippen LogP contribution in [0, 0.1) is 5.92 Å². The highest BCUT2D eigenvalue weighted by molar-refractivity contribution is 7.90. The fraction of sp³-hybridized carbons (Fsp3) is 0.462. The molecule has 1 aromatic rings. The second kappa shape index (κ2) is 5.10. The zero-order valence-electron chi connectivity index (χ0n) is 10.3. The minimum absolute atomic E-state index is 0.00145. The van der Waals surface area contributed by atoms with Gasteiger partial charge in [-0.25, -0.2) is 8.42 Å². The molecule has 1 amide bonds. The molecule has 1 fully saturated rings. The van der Waals surface area contributed by atoms with Gasteiger partial charge in [0.2, 0.25) is 5.91 Å². The summed E-state index contributed by atoms with van der Waals surface area (Å²) in [5.74, 6) is 0.269. The molecule has 2 unspecified atom stereocenters. The predicted octanol–water partition coefficient (Wildman–Crippen LogP) is 0.951. The first-order valence-corrected chi connectivity index (χ1v) is 8.04. The third-order valence-corrected chi connectivity index (χ3v) is 4.07. The first-order chi connectivity index (χ1) is 8.47. The molecule has 1 aliphatic rings. The van der Waals surface area contributed by atoms with Gasteiger partial charge in [0.05, 0.1) is 5.75 Å². The number of rotatable bonds is 5. The van der Waals surface area contributed by atoms with Gasteiger partial charge in [-0.05, 0) is 17.9 Å². The maximum atomic E-state index is 11.8. The first kappa shape index (κ1) is 13.1. The molecule has 0 aliphatic heterocycles. The van der Waals surface area contributed by atoms with Crippen molar-refractivity contribution in [1.29, 1.82) is 0 Å². The molecule has 5 heteroatoms. The Morgan fingerprint density at radius 1 is 1.33 bits per heavy atom. The summed E-state index contributed by atoms with van der Waals surface area (Å²) in [6.07, 6.45) is 2.03. The molecule has 0 saturated heterocycles. The molecular weight excluding hydrogens is 250 g/mol. The lowest BCUT2D eigenvalue weighted by atomic mass is 10.1. The van der Waals surface area contributed by atoms with Gasteiger partial charge in [0.25, 0.3) is 0 Å². The molecule has 4 nitrogen and oxygen atoms in total. The molecule has 0 heterocycles. The molecule has 2 rings (SSSR count). The van der Waals surface area contributed by atoms with Crippen LogP contribution in [-0.4, -0.2) is 32.9 Å². The van der Waals surface area contributed by atoms with Crippen molar-refractivity contribution in [2.45, 2.75) is 12.3 Å². The van der Waals surface area contributed by atoms with E-state index in [-0.39, 0.29) is 24.1 Å². The van der Waals surface area contributed by atoms with Crippen molar-refractivity contribution in [3.63, 3.8) is 0 Å². The first-order valence-electron chi connectivity index (χ1n) is 5.98. The van der Waals surface area contributed by atoms with Crippen molar-refractivity contribution in [1.82, 2.24) is 5.32 Å². The molecule has 1 aliphatic carbocycles. The number of amides is 1. The Morgan fingerprint density at radius 3 is 2.61 bits per heavy atom. The number of hydrogen-bond donors (Lipinski definition) is 1. The monoisotopic (exact) mass is 267 g/mol. The lowest BCUT2D eigenvalue weighted by Gasteiger charge is -2.04. The van der Waals surface area contributed by atoms with E-state index >= 15 is 0 Å². The summed E-state index contributed by atoms with van der Waals surface area (Å²) in [7, 11) is -3.01. The van der Waals surface area contributed by atoms with E-state index < -0.39 is 9.84 Å². The SMILES string of the molecule is CS(=O)(=O)CCNC(=O)C1CC1c1ccccc1. The molecule has 18 heavy (non-hydrogen) atoms. The van der Waals surface area contributed by atoms with E-state index in [4.69, 9.17) is 0 Å². The third-order valence-electron chi connectivity index (χ3n) is 3.13. The average Bonchev–Trinajstić information content (AvgIpc) is 3.08. The zero-order valence-corrected chi connectivity index (χ0v) is 11.1. The Morgan fingerprint density at radius 2 is 2.00 bits per heavy atom. The summed E-state index contributed by atoms with van der Waals surface area (Å²) < 4.78 is 21.9. The van der Waals surface area contributed by atoms with Gasteiger partial charge in [0, 0.05) is 18.7 Å². The van der Waals surface area contributed by atoms with E-state index in [1.165, 1.54) is 11.8 Å². The van der Waals surface area contributed by atoms with Crippen molar-refractivity contribution in [3.8, 4) is 0 Å². The number of nitrogens with one attached hydrogen (secondary N) is 1. The minimum Gasteiger partial charge on any atom is -0.355 e. The summed E-state index contributed by atoms with van der Waals surface area (Å²) in [6.45, 7) is 0.204. The Balaban J connectivity index is 1.80. The van der Waals surface area contributed by atoms with Crippen LogP contribution in [0.2, 0.25) is 0 Å². The van der Waals surface area contributed by atoms with Crippen molar-refractivity contribution in [2.24, 2.45) is 5.92 Å². The van der Waals surface area contributed by atoms with Crippen LogP contribution in [-0.2, 0) is 14.6 Å². The Bertz CT molecular complexity index is 524. The Labute approximate surface area is 107 Å². The normalized spacial score (nSPS) is 22.5. The van der Waals surface area contributed by atoms with E-state index in [1.807, 2.05) is 30.3 Å². The largest absolute Gasteiger partial charge is 0.355 e. The quantitative estimate of drug-likeness (QED) is 0.864. The molecular formula is C13H17NO3S. The topological polar surface area (TPSA) is 63.2 Å². The smallest absolute Gasteiger partial charge is 0.223 e. The van der Waals surface area contributed by atoms with Gasteiger partial charge in [0.1, 0.15) is 9.84 Å². The van der Waals surface area contributed by atoms with E-state index in [0.717, 1.165) is 6.42 Å². The van der Waals surface area contributed by atoms with Crippen LogP contribution >= 0.6 is 0 Å². The van der Waals surface area contributed by atoms with E-state index in [1.54, 1.807) is 0 Å². The van der Waals surface area contributed by atoms with Crippen LogP contribution in [0.3, 0.4) is 0 Å². The number of benzene rings is 1. The van der Waals surface area contributed by atoms with Crippen LogP contribution in [0.15, 0.2) is 30.3 Å². The second-order valence-electron chi connectivity index (χ2n) is 4.78. The number of hydrogen-bond acceptors (Lipinski definition) is 3. The van der Waals surface area contributed by atoms with Gasteiger partial charge in [-0.1, -0.05) is 30.3 Å². The van der Waals surface area contributed by atoms with Gasteiger partial charge in [-0.15, -0.1) is 0 Å². The van der Waals surface area contributed by atoms with Crippen LogP contribution in [0.1, 0.15) is 17.9 Å².